The van der Waals surface area contributed by atoms with E-state index in [1.54, 1.807) is 13.2 Å². The van der Waals surface area contributed by atoms with E-state index in [1.807, 2.05) is 60.7 Å². The molecule has 5 nitrogen and oxygen atoms in total. The molecule has 0 bridgehead atoms. The number of rotatable bonds is 6. The number of benzene rings is 2. The summed E-state index contributed by atoms with van der Waals surface area (Å²) in [5.41, 5.74) is 9.08. The van der Waals surface area contributed by atoms with Gasteiger partial charge in [-0.1, -0.05) is 49.0 Å². The first-order valence-corrected chi connectivity index (χ1v) is 8.57. The minimum atomic E-state index is -0.501. The second-order valence-corrected chi connectivity index (χ2v) is 6.12. The SMILES string of the molecule is C=C(/C=C(\C=C/N)[C@H]1NC(=O)O[C@@H]1c1cccc(OC)c1)c1ccccc1. The molecule has 0 unspecified atom stereocenters. The Kier molecular flexibility index (Phi) is 5.61. The molecule has 2 aromatic rings. The van der Waals surface area contributed by atoms with Crippen molar-refractivity contribution in [2.24, 2.45) is 5.73 Å². The Labute approximate surface area is 158 Å². The second kappa shape index (κ2) is 8.27. The topological polar surface area (TPSA) is 73.6 Å². The van der Waals surface area contributed by atoms with Crippen LogP contribution in [0.1, 0.15) is 17.2 Å². The Hall–Kier alpha value is -3.47. The van der Waals surface area contributed by atoms with Crippen LogP contribution in [-0.4, -0.2) is 19.2 Å². The Morgan fingerprint density at radius 2 is 2.00 bits per heavy atom. The van der Waals surface area contributed by atoms with Crippen LogP contribution < -0.4 is 15.8 Å². The Bertz CT molecular complexity index is 887. The van der Waals surface area contributed by atoms with Gasteiger partial charge in [0, 0.05) is 0 Å². The molecular formula is C22H22N2O3. The van der Waals surface area contributed by atoms with Gasteiger partial charge in [0.1, 0.15) is 5.75 Å². The summed E-state index contributed by atoms with van der Waals surface area (Å²) in [4.78, 5) is 12.0. The summed E-state index contributed by atoms with van der Waals surface area (Å²) in [5, 5.41) is 2.86. The van der Waals surface area contributed by atoms with Gasteiger partial charge in [0.25, 0.3) is 0 Å². The molecule has 5 heteroatoms. The Balaban J connectivity index is 1.96. The number of amides is 1. The number of ether oxygens (including phenoxy) is 2. The molecule has 0 radical (unpaired) electrons. The monoisotopic (exact) mass is 362 g/mol. The molecule has 0 saturated carbocycles. The molecule has 1 fully saturated rings. The van der Waals surface area contributed by atoms with Crippen LogP contribution in [0, 0.1) is 0 Å². The van der Waals surface area contributed by atoms with Gasteiger partial charge >= 0.3 is 6.09 Å². The Morgan fingerprint density at radius 3 is 2.70 bits per heavy atom. The fourth-order valence-electron chi connectivity index (χ4n) is 3.05. The number of hydrogen-bond donors (Lipinski definition) is 2. The third-order valence-corrected chi connectivity index (χ3v) is 4.37. The van der Waals surface area contributed by atoms with Crippen LogP contribution in [0.15, 0.2) is 85.1 Å². The number of cyclic esters (lactones) is 1. The van der Waals surface area contributed by atoms with E-state index >= 15 is 0 Å². The average Bonchev–Trinajstić information content (AvgIpc) is 3.10. The molecular weight excluding hydrogens is 340 g/mol. The zero-order chi connectivity index (χ0) is 19.2. The minimum Gasteiger partial charge on any atom is -0.497 e. The van der Waals surface area contributed by atoms with E-state index in [9.17, 15) is 4.79 Å². The molecule has 1 amide bonds. The summed E-state index contributed by atoms with van der Waals surface area (Å²) in [6, 6.07) is 16.9. The van der Waals surface area contributed by atoms with Gasteiger partial charge in [0.2, 0.25) is 0 Å². The summed E-state index contributed by atoms with van der Waals surface area (Å²) in [6.07, 6.45) is 4.12. The number of nitrogens with two attached hydrogens (primary N) is 1. The van der Waals surface area contributed by atoms with Crippen molar-refractivity contribution in [3.8, 4) is 5.75 Å². The smallest absolute Gasteiger partial charge is 0.408 e. The van der Waals surface area contributed by atoms with E-state index in [0.29, 0.717) is 5.75 Å². The van der Waals surface area contributed by atoms with E-state index < -0.39 is 18.2 Å². The zero-order valence-corrected chi connectivity index (χ0v) is 15.1. The molecule has 3 rings (SSSR count). The minimum absolute atomic E-state index is 0.398. The maximum absolute atomic E-state index is 12.0. The number of allylic oxidation sites excluding steroid dienone is 2. The molecule has 2 aromatic carbocycles. The first kappa shape index (κ1) is 18.3. The highest BCUT2D eigenvalue weighted by molar-refractivity contribution is 5.76. The predicted octanol–water partition coefficient (Wildman–Crippen LogP) is 3.96. The molecule has 0 aliphatic carbocycles. The van der Waals surface area contributed by atoms with Crippen LogP contribution in [-0.2, 0) is 4.74 Å². The van der Waals surface area contributed by atoms with Crippen LogP contribution in [0.3, 0.4) is 0 Å². The van der Waals surface area contributed by atoms with Crippen molar-refractivity contribution < 1.29 is 14.3 Å². The van der Waals surface area contributed by atoms with Gasteiger partial charge in [-0.15, -0.1) is 0 Å². The molecule has 27 heavy (non-hydrogen) atoms. The third-order valence-electron chi connectivity index (χ3n) is 4.37. The molecule has 2 atom stereocenters. The van der Waals surface area contributed by atoms with Crippen molar-refractivity contribution in [2.75, 3.05) is 7.11 Å². The first-order chi connectivity index (χ1) is 13.1. The maximum Gasteiger partial charge on any atom is 0.408 e. The van der Waals surface area contributed by atoms with E-state index in [1.165, 1.54) is 6.20 Å². The second-order valence-electron chi connectivity index (χ2n) is 6.12. The van der Waals surface area contributed by atoms with Crippen molar-refractivity contribution in [1.29, 1.82) is 0 Å². The highest BCUT2D eigenvalue weighted by Gasteiger charge is 2.37. The molecule has 138 valence electrons. The fourth-order valence-corrected chi connectivity index (χ4v) is 3.05. The summed E-state index contributed by atoms with van der Waals surface area (Å²) < 4.78 is 10.8. The number of carbonyl (C=O) groups excluding carboxylic acids is 1. The fraction of sp³-hybridized carbons (Fsp3) is 0.136. The summed E-state index contributed by atoms with van der Waals surface area (Å²) in [7, 11) is 1.60. The lowest BCUT2D eigenvalue weighted by Gasteiger charge is -2.19. The van der Waals surface area contributed by atoms with Crippen LogP contribution in [0.25, 0.3) is 5.57 Å². The molecule has 1 heterocycles. The lowest BCUT2D eigenvalue weighted by atomic mass is 9.93. The Morgan fingerprint density at radius 1 is 1.22 bits per heavy atom. The number of hydrogen-bond acceptors (Lipinski definition) is 4. The molecule has 1 aliphatic rings. The molecule has 0 spiro atoms. The van der Waals surface area contributed by atoms with Gasteiger partial charge in [-0.25, -0.2) is 4.79 Å². The lowest BCUT2D eigenvalue weighted by molar-refractivity contribution is 0.135. The zero-order valence-electron chi connectivity index (χ0n) is 15.1. The van der Waals surface area contributed by atoms with Gasteiger partial charge in [-0.05, 0) is 52.8 Å². The van der Waals surface area contributed by atoms with Crippen molar-refractivity contribution >= 4 is 11.7 Å². The molecule has 0 aromatic heterocycles. The van der Waals surface area contributed by atoms with E-state index in [4.69, 9.17) is 15.2 Å². The van der Waals surface area contributed by atoms with E-state index in [0.717, 1.165) is 22.3 Å². The number of carbonyl (C=O) groups is 1. The van der Waals surface area contributed by atoms with Gasteiger partial charge in [-0.3, -0.25) is 0 Å². The van der Waals surface area contributed by atoms with Gasteiger partial charge in [-0.2, -0.15) is 0 Å². The van der Waals surface area contributed by atoms with Crippen molar-refractivity contribution in [3.63, 3.8) is 0 Å². The van der Waals surface area contributed by atoms with Crippen molar-refractivity contribution in [2.45, 2.75) is 12.1 Å². The van der Waals surface area contributed by atoms with Crippen molar-refractivity contribution in [3.05, 3.63) is 96.2 Å². The molecule has 3 N–H and O–H groups in total. The third kappa shape index (κ3) is 4.20. The standard InChI is InChI=1S/C22H22N2O3/c1-15(16-7-4-3-5-8-16)13-17(11-12-23)20-21(27-22(25)24-20)18-9-6-10-19(14-18)26-2/h3-14,20-21H,1,23H2,2H3,(H,24,25)/b12-11-,17-13+/t20-,21-/m1/s1. The van der Waals surface area contributed by atoms with E-state index in [2.05, 4.69) is 11.9 Å². The largest absolute Gasteiger partial charge is 0.497 e. The summed E-state index contributed by atoms with van der Waals surface area (Å²) in [5.74, 6) is 0.697. The van der Waals surface area contributed by atoms with Gasteiger partial charge in [0.15, 0.2) is 6.10 Å². The number of methoxy groups -OCH3 is 1. The number of alkyl carbamates (subject to hydrolysis) is 1. The van der Waals surface area contributed by atoms with Crippen molar-refractivity contribution in [1.82, 2.24) is 5.32 Å². The number of nitrogens with one attached hydrogen (secondary N) is 1. The quantitative estimate of drug-likeness (QED) is 0.763. The van der Waals surface area contributed by atoms with Gasteiger partial charge < -0.3 is 20.5 Å². The predicted molar refractivity (Wildman–Crippen MR) is 106 cm³/mol. The van der Waals surface area contributed by atoms with Crippen LogP contribution in [0.5, 0.6) is 5.75 Å². The van der Waals surface area contributed by atoms with E-state index in [-0.39, 0.29) is 0 Å². The highest BCUT2D eigenvalue weighted by Crippen LogP contribution is 2.33. The first-order valence-electron chi connectivity index (χ1n) is 8.57. The lowest BCUT2D eigenvalue weighted by Crippen LogP contribution is -2.29. The van der Waals surface area contributed by atoms with Gasteiger partial charge in [0.05, 0.1) is 13.2 Å². The average molecular weight is 362 g/mol. The molecule has 1 saturated heterocycles. The summed E-state index contributed by atoms with van der Waals surface area (Å²) >= 11 is 0. The highest BCUT2D eigenvalue weighted by atomic mass is 16.6. The van der Waals surface area contributed by atoms with Crippen LogP contribution >= 0.6 is 0 Å². The van der Waals surface area contributed by atoms with Crippen LogP contribution in [0.2, 0.25) is 0 Å². The van der Waals surface area contributed by atoms with Crippen LogP contribution in [0.4, 0.5) is 4.79 Å². The summed E-state index contributed by atoms with van der Waals surface area (Å²) in [6.45, 7) is 4.14. The normalized spacial score (nSPS) is 19.6. The maximum atomic E-state index is 12.0. The molecule has 1 aliphatic heterocycles.